The van der Waals surface area contributed by atoms with E-state index in [2.05, 4.69) is 49.8 Å². The minimum Gasteiger partial charge on any atom is -0.453 e. The summed E-state index contributed by atoms with van der Waals surface area (Å²) in [5.74, 6) is 0.272. The maximum absolute atomic E-state index is 16.6. The van der Waals surface area contributed by atoms with Gasteiger partial charge >= 0.3 is 12.2 Å². The summed E-state index contributed by atoms with van der Waals surface area (Å²) in [6, 6.07) is 12.7. The first kappa shape index (κ1) is 50.7. The summed E-state index contributed by atoms with van der Waals surface area (Å²) in [5.41, 5.74) is 5.51. The minimum absolute atomic E-state index is 0.0253. The quantitative estimate of drug-likeness (QED) is 0.0939. The Morgan fingerprint density at radius 3 is 1.48 bits per heavy atom. The number of piperidine rings is 1. The number of fused-ring (bicyclic) bond motifs is 4. The second-order valence-corrected chi connectivity index (χ2v) is 22.8. The van der Waals surface area contributed by atoms with E-state index < -0.39 is 35.9 Å². The van der Waals surface area contributed by atoms with Gasteiger partial charge in [0.25, 0.3) is 0 Å². The zero-order chi connectivity index (χ0) is 52.4. The summed E-state index contributed by atoms with van der Waals surface area (Å²) >= 11 is 0. The van der Waals surface area contributed by atoms with E-state index >= 15 is 8.78 Å². The van der Waals surface area contributed by atoms with Gasteiger partial charge in [0, 0.05) is 30.9 Å². The molecule has 2 aliphatic carbocycles. The van der Waals surface area contributed by atoms with E-state index in [0.29, 0.717) is 55.1 Å². The molecule has 3 aromatic carbocycles. The Morgan fingerprint density at radius 1 is 0.600 bits per heavy atom. The van der Waals surface area contributed by atoms with E-state index in [4.69, 9.17) is 19.4 Å². The van der Waals surface area contributed by atoms with Gasteiger partial charge in [-0.1, -0.05) is 52.7 Å². The smallest absolute Gasteiger partial charge is 0.407 e. The van der Waals surface area contributed by atoms with E-state index in [1.54, 1.807) is 0 Å². The monoisotopic (exact) mass is 1030 g/mol. The number of halogens is 2. The largest absolute Gasteiger partial charge is 0.453 e. The van der Waals surface area contributed by atoms with Crippen LogP contribution in [0.4, 0.5) is 29.7 Å². The maximum atomic E-state index is 16.6. The first-order valence-corrected chi connectivity index (χ1v) is 27.6. The molecule has 6 aliphatic rings. The van der Waals surface area contributed by atoms with E-state index in [1.807, 2.05) is 54.5 Å². The molecule has 4 N–H and O–H groups in total. The van der Waals surface area contributed by atoms with Crippen LogP contribution in [-0.4, -0.2) is 105 Å². The first-order chi connectivity index (χ1) is 36.2. The molecule has 4 aliphatic heterocycles. The summed E-state index contributed by atoms with van der Waals surface area (Å²) in [6.45, 7) is 8.89. The Hall–Kier alpha value is -6.46. The molecule has 6 heterocycles. The van der Waals surface area contributed by atoms with Crippen molar-refractivity contribution in [2.75, 3.05) is 37.1 Å². The Balaban J connectivity index is 0.929. The van der Waals surface area contributed by atoms with Crippen LogP contribution in [0.15, 0.2) is 48.5 Å². The highest BCUT2D eigenvalue weighted by Crippen LogP contribution is 2.52. The van der Waals surface area contributed by atoms with Gasteiger partial charge in [0.2, 0.25) is 11.8 Å². The molecule has 0 spiro atoms. The van der Waals surface area contributed by atoms with Crippen molar-refractivity contribution in [3.05, 3.63) is 82.9 Å². The van der Waals surface area contributed by atoms with Crippen LogP contribution in [0, 0.1) is 35.3 Å². The third-order valence-corrected chi connectivity index (χ3v) is 17.8. The third-order valence-electron chi connectivity index (χ3n) is 17.8. The molecular weight excluding hydrogens is 959 g/mol. The molecule has 4 saturated heterocycles. The number of methoxy groups -OCH3 is 2. The highest BCUT2D eigenvalue weighted by Gasteiger charge is 2.51. The number of hydrogen-bond donors (Lipinski definition) is 4. The molecule has 400 valence electrons. The van der Waals surface area contributed by atoms with Gasteiger partial charge in [0.15, 0.2) is 11.6 Å². The summed E-state index contributed by atoms with van der Waals surface area (Å²) in [4.78, 5) is 79.3. The van der Waals surface area contributed by atoms with Crippen molar-refractivity contribution in [1.82, 2.24) is 40.4 Å². The predicted octanol–water partition coefficient (Wildman–Crippen LogP) is 10.4. The number of alkyl carbamates (subject to hydrolysis) is 2. The van der Waals surface area contributed by atoms with Gasteiger partial charge in [-0.25, -0.2) is 28.3 Å². The van der Waals surface area contributed by atoms with E-state index in [9.17, 15) is 19.2 Å². The van der Waals surface area contributed by atoms with Gasteiger partial charge in [-0.3, -0.25) is 9.59 Å². The lowest BCUT2D eigenvalue weighted by atomic mass is 10.0. The first-order valence-electron chi connectivity index (χ1n) is 27.6. The number of nitrogens with zero attached hydrogens (tertiary/aromatic N) is 6. The second-order valence-electron chi connectivity index (χ2n) is 22.8. The number of carbonyl (C=O) groups is 4. The molecule has 10 atom stereocenters. The molecule has 75 heavy (non-hydrogen) atoms. The van der Waals surface area contributed by atoms with Crippen LogP contribution >= 0.6 is 0 Å². The summed E-state index contributed by atoms with van der Waals surface area (Å²) in [6.07, 6.45) is 10.3. The molecule has 4 amide bonds. The third kappa shape index (κ3) is 9.31. The number of rotatable bonds is 12. The Labute approximate surface area is 437 Å². The molecule has 6 fully saturated rings. The molecule has 0 bridgehead atoms. The van der Waals surface area contributed by atoms with Crippen LogP contribution in [0.25, 0.3) is 22.1 Å². The Bertz CT molecular complexity index is 2790. The summed E-state index contributed by atoms with van der Waals surface area (Å²) in [5, 5.41) is 5.59. The van der Waals surface area contributed by atoms with Crippen molar-refractivity contribution in [3.8, 4) is 0 Å². The fourth-order valence-electron chi connectivity index (χ4n) is 14.2. The SMILES string of the molecule is COC(=O)NC(C(=O)N1[C@H](c2nc3ccc([C@H]4CC[C@H](c5ccc6nc(C7C[C@@H]8CCC[C@@H]8N7C(=O)[C@@H](NC(=O)OC)C(C)C)[nH]c6c5)N4c4cc(F)c(N5CCCCC5)c(F)c4)cc3[nH]2)C[C@@H]2CCC[C@@H]21)C(C)C. The maximum Gasteiger partial charge on any atom is 0.407 e. The average molecular weight is 1030 g/mol. The van der Waals surface area contributed by atoms with Gasteiger partial charge in [-0.2, -0.15) is 0 Å². The summed E-state index contributed by atoms with van der Waals surface area (Å²) < 4.78 is 43.0. The Kier molecular flexibility index (Phi) is 13.9. The van der Waals surface area contributed by atoms with E-state index in [0.717, 1.165) is 104 Å². The van der Waals surface area contributed by atoms with Crippen molar-refractivity contribution in [2.45, 2.75) is 160 Å². The molecular formula is C57H72F2N10O6. The van der Waals surface area contributed by atoms with Crippen LogP contribution in [0.3, 0.4) is 0 Å². The van der Waals surface area contributed by atoms with Crippen molar-refractivity contribution in [3.63, 3.8) is 0 Å². The highest BCUT2D eigenvalue weighted by molar-refractivity contribution is 5.88. The van der Waals surface area contributed by atoms with Crippen molar-refractivity contribution in [2.24, 2.45) is 23.7 Å². The summed E-state index contributed by atoms with van der Waals surface area (Å²) in [7, 11) is 2.60. The van der Waals surface area contributed by atoms with Crippen molar-refractivity contribution >= 4 is 57.4 Å². The van der Waals surface area contributed by atoms with Gasteiger partial charge < -0.3 is 49.7 Å². The number of hydrogen-bond acceptors (Lipinski definition) is 10. The number of likely N-dealkylation sites (tertiary alicyclic amines) is 2. The number of aromatic amines is 2. The molecule has 2 unspecified atom stereocenters. The lowest BCUT2D eigenvalue weighted by molar-refractivity contribution is -0.138. The molecule has 18 heteroatoms. The highest BCUT2D eigenvalue weighted by atomic mass is 19.1. The number of carbonyl (C=O) groups excluding carboxylic acids is 4. The number of ether oxygens (including phenoxy) is 2. The Morgan fingerprint density at radius 2 is 1.05 bits per heavy atom. The number of benzene rings is 3. The second kappa shape index (κ2) is 20.6. The molecule has 16 nitrogen and oxygen atoms in total. The molecule has 0 radical (unpaired) electrons. The number of H-pyrrole nitrogens is 2. The zero-order valence-corrected chi connectivity index (χ0v) is 44.0. The van der Waals surface area contributed by atoms with Crippen molar-refractivity contribution < 1.29 is 37.4 Å². The topological polar surface area (TPSA) is 181 Å². The fourth-order valence-corrected chi connectivity index (χ4v) is 14.2. The van der Waals surface area contributed by atoms with Crippen LogP contribution in [0.5, 0.6) is 0 Å². The number of aromatic nitrogens is 4. The zero-order valence-electron chi connectivity index (χ0n) is 44.0. The molecule has 11 rings (SSSR count). The van der Waals surface area contributed by atoms with Gasteiger partial charge in [-0.05, 0) is 142 Å². The normalized spacial score (nSPS) is 26.4. The lowest BCUT2D eigenvalue weighted by Gasteiger charge is -2.35. The molecule has 2 aromatic heterocycles. The van der Waals surface area contributed by atoms with Gasteiger partial charge in [0.1, 0.15) is 29.4 Å². The van der Waals surface area contributed by atoms with E-state index in [-0.39, 0.29) is 65.6 Å². The standard InChI is InChI=1S/C57H72F2N10O6/c1-30(2)49(64-56(72)74-5)54(70)68-43-14-10-12-32(43)26-47(68)52-60-39-18-16-34(24-41(39)62-52)45-20-21-46(67(45)36-28-37(58)51(38(59)29-36)66-22-8-7-9-23-66)35-17-19-40-42(25-35)63-53(61-40)48-27-33-13-11-15-44(33)69(48)55(71)50(31(3)4)65-57(73)75-6/h16-19,24-25,28-33,43-50H,7-15,20-23,26-27H2,1-6H3,(H,60,62)(H,61,63)(H,64,72)(H,65,73)/t32-,33-,43-,44-,45+,46+,47-,48?,49?,50-/m0/s1. The number of amides is 4. The van der Waals surface area contributed by atoms with Crippen LogP contribution in [0.2, 0.25) is 0 Å². The van der Waals surface area contributed by atoms with Crippen LogP contribution in [0.1, 0.15) is 158 Å². The predicted molar refractivity (Wildman–Crippen MR) is 281 cm³/mol. The average Bonchev–Trinajstić information content (AvgIpc) is 4.28. The van der Waals surface area contributed by atoms with Crippen LogP contribution in [-0.2, 0) is 19.1 Å². The lowest BCUT2D eigenvalue weighted by Crippen LogP contribution is -2.53. The van der Waals surface area contributed by atoms with Gasteiger partial charge in [0.05, 0.1) is 60.5 Å². The number of nitrogens with one attached hydrogen (secondary N) is 4. The fraction of sp³-hybridized carbons (Fsp3) is 0.579. The number of imidazole rings is 2. The minimum atomic E-state index is -0.759. The van der Waals surface area contributed by atoms with E-state index in [1.165, 1.54) is 26.4 Å². The van der Waals surface area contributed by atoms with Gasteiger partial charge in [-0.15, -0.1) is 0 Å². The van der Waals surface area contributed by atoms with Crippen molar-refractivity contribution in [1.29, 1.82) is 0 Å². The molecule has 2 saturated carbocycles. The molecule has 5 aromatic rings. The van der Waals surface area contributed by atoms with Crippen LogP contribution < -0.4 is 20.4 Å². The number of anilines is 2.